The monoisotopic (exact) mass is 647 g/mol. The first kappa shape index (κ1) is 32.3. The molecule has 7 nitrogen and oxygen atoms in total. The summed E-state index contributed by atoms with van der Waals surface area (Å²) in [6.45, 7) is 6.70. The lowest BCUT2D eigenvalue weighted by atomic mass is 9.44. The van der Waals surface area contributed by atoms with Crippen molar-refractivity contribution in [1.29, 1.82) is 0 Å². The normalized spacial score (nSPS) is 40.4. The first-order valence-corrected chi connectivity index (χ1v) is 16.6. The Morgan fingerprint density at radius 3 is 2.53 bits per heavy atom. The van der Waals surface area contributed by atoms with Gasteiger partial charge in [-0.3, -0.25) is 9.59 Å². The van der Waals surface area contributed by atoms with Crippen LogP contribution in [0.1, 0.15) is 69.9 Å². The highest BCUT2D eigenvalue weighted by molar-refractivity contribution is 6.01. The zero-order valence-electron chi connectivity index (χ0n) is 27.2. The lowest BCUT2D eigenvalue weighted by Gasteiger charge is -2.63. The number of alkyl halides is 2. The molecule has 4 fully saturated rings. The summed E-state index contributed by atoms with van der Waals surface area (Å²) < 4.78 is 46.5. The van der Waals surface area contributed by atoms with E-state index in [1.807, 2.05) is 36.4 Å². The fourth-order valence-corrected chi connectivity index (χ4v) is 9.85. The van der Waals surface area contributed by atoms with Crippen LogP contribution in [0.3, 0.4) is 0 Å². The number of fused-ring (bicyclic) bond motifs is 7. The number of benzene rings is 2. The van der Waals surface area contributed by atoms with Crippen LogP contribution >= 0.6 is 0 Å². The number of ketones is 2. The van der Waals surface area contributed by atoms with E-state index >= 15 is 8.78 Å². The Morgan fingerprint density at radius 2 is 1.83 bits per heavy atom. The predicted molar refractivity (Wildman–Crippen MR) is 172 cm³/mol. The number of halogens is 2. The highest BCUT2D eigenvalue weighted by Gasteiger charge is 2.80. The zero-order valence-corrected chi connectivity index (χ0v) is 27.2. The lowest BCUT2D eigenvalue weighted by Crippen LogP contribution is -2.70. The van der Waals surface area contributed by atoms with E-state index in [1.54, 1.807) is 13.8 Å². The Kier molecular flexibility index (Phi) is 7.67. The molecule has 47 heavy (non-hydrogen) atoms. The van der Waals surface area contributed by atoms with Gasteiger partial charge >= 0.3 is 0 Å². The summed E-state index contributed by atoms with van der Waals surface area (Å²) in [5.74, 6) is -2.58. The first-order valence-electron chi connectivity index (χ1n) is 16.6. The summed E-state index contributed by atoms with van der Waals surface area (Å²) in [4.78, 5) is 25.9. The number of hydrogen-bond donors (Lipinski definition) is 3. The Morgan fingerprint density at radius 1 is 1.09 bits per heavy atom. The van der Waals surface area contributed by atoms with Crippen LogP contribution in [0.2, 0.25) is 0 Å². The molecule has 250 valence electrons. The SMILES string of the molecule is CC(C)Nc1cccc(Cc2ccc([C@@H]3O[C@@H]4C[C@H]5[C@@H]6C[C@H](F)C7=CC(=O)C=C[C@]7(C)[C@@]6(F)[C@@H](O)C[C@]5(C)[C@]4(C(=O)CO)O3)cc2)c1. The molecule has 10 atom stereocenters. The minimum atomic E-state index is -2.29. The van der Waals surface area contributed by atoms with Crippen molar-refractivity contribution in [2.24, 2.45) is 22.7 Å². The Bertz CT molecular complexity index is 1660. The van der Waals surface area contributed by atoms with E-state index in [1.165, 1.54) is 12.2 Å². The second-order valence-corrected chi connectivity index (χ2v) is 14.9. The third-order valence-corrected chi connectivity index (χ3v) is 12.0. The Balaban J connectivity index is 1.17. The third kappa shape index (κ3) is 4.56. The number of rotatable bonds is 7. The molecule has 7 rings (SSSR count). The van der Waals surface area contributed by atoms with E-state index in [9.17, 15) is 19.8 Å². The summed E-state index contributed by atoms with van der Waals surface area (Å²) in [5, 5.41) is 25.3. The van der Waals surface area contributed by atoms with E-state index in [0.29, 0.717) is 18.0 Å². The van der Waals surface area contributed by atoms with Crippen LogP contribution in [0.15, 0.2) is 72.3 Å². The third-order valence-electron chi connectivity index (χ3n) is 12.0. The van der Waals surface area contributed by atoms with E-state index in [-0.39, 0.29) is 24.8 Å². The van der Waals surface area contributed by atoms with Crippen molar-refractivity contribution in [2.45, 2.75) is 95.4 Å². The first-order chi connectivity index (χ1) is 22.3. The number of carbonyl (C=O) groups is 2. The molecule has 1 saturated heterocycles. The van der Waals surface area contributed by atoms with Gasteiger partial charge in [-0.15, -0.1) is 0 Å². The number of nitrogens with one attached hydrogen (secondary N) is 1. The molecular formula is C38H43F2NO6. The molecule has 2 aromatic carbocycles. The standard InChI is InChI=1S/C38H43F2NO6/c1-21(2)41-25-7-5-6-23(15-25)14-22-8-10-24(11-9-22)34-46-33-18-27-28-17-30(39)29-16-26(43)12-13-35(29,3)37(28,40)31(44)19-36(27,4)38(33,47-34)32(45)20-42/h5-13,15-16,21,27-28,30-31,33-34,41-42,44H,14,17-20H2,1-4H3/t27-,28-,30-,31-,33+,34+,35-,36-,37-,38+/m0/s1. The highest BCUT2D eigenvalue weighted by Crippen LogP contribution is 2.72. The molecule has 0 radical (unpaired) electrons. The van der Waals surface area contributed by atoms with Crippen molar-refractivity contribution in [3.05, 3.63) is 89.0 Å². The lowest BCUT2D eigenvalue weighted by molar-refractivity contribution is -0.235. The molecule has 9 heteroatoms. The van der Waals surface area contributed by atoms with Gasteiger partial charge in [-0.05, 0) is 93.4 Å². The minimum absolute atomic E-state index is 0.0432. The van der Waals surface area contributed by atoms with Gasteiger partial charge in [-0.2, -0.15) is 0 Å². The largest absolute Gasteiger partial charge is 0.390 e. The quantitative estimate of drug-likeness (QED) is 0.352. The number of hydrogen-bond acceptors (Lipinski definition) is 7. The number of ether oxygens (including phenoxy) is 2. The minimum Gasteiger partial charge on any atom is -0.390 e. The molecule has 0 amide bonds. The van der Waals surface area contributed by atoms with E-state index in [0.717, 1.165) is 22.9 Å². The molecule has 2 aromatic rings. The molecule has 0 spiro atoms. The van der Waals surface area contributed by atoms with Crippen LogP contribution in [0.4, 0.5) is 14.5 Å². The number of Topliss-reactive ketones (excluding diaryl/α,β-unsaturated/α-hetero) is 1. The number of allylic oxidation sites excluding steroid dienone is 4. The maximum atomic E-state index is 17.6. The molecule has 0 aromatic heterocycles. The average molecular weight is 648 g/mol. The Labute approximate surface area is 274 Å². The van der Waals surface area contributed by atoms with Crippen molar-refractivity contribution < 1.29 is 38.1 Å². The molecule has 0 bridgehead atoms. The summed E-state index contributed by atoms with van der Waals surface area (Å²) >= 11 is 0. The maximum Gasteiger partial charge on any atom is 0.193 e. The van der Waals surface area contributed by atoms with E-state index < -0.39 is 76.8 Å². The molecule has 5 aliphatic rings. The smallest absolute Gasteiger partial charge is 0.193 e. The van der Waals surface area contributed by atoms with Gasteiger partial charge in [-0.1, -0.05) is 49.4 Å². The van der Waals surface area contributed by atoms with Gasteiger partial charge in [0.2, 0.25) is 0 Å². The average Bonchev–Trinajstić information content (AvgIpc) is 3.53. The predicted octanol–water partition coefficient (Wildman–Crippen LogP) is 5.74. The maximum absolute atomic E-state index is 17.6. The van der Waals surface area contributed by atoms with Gasteiger partial charge in [0, 0.05) is 34.0 Å². The number of carbonyl (C=O) groups excluding carboxylic acids is 2. The van der Waals surface area contributed by atoms with Crippen LogP contribution in [-0.2, 0) is 25.5 Å². The van der Waals surface area contributed by atoms with E-state index in [2.05, 4.69) is 31.3 Å². The van der Waals surface area contributed by atoms with Crippen molar-refractivity contribution in [3.63, 3.8) is 0 Å². The molecule has 3 N–H and O–H groups in total. The van der Waals surface area contributed by atoms with Gasteiger partial charge < -0.3 is 25.0 Å². The molecule has 1 heterocycles. The van der Waals surface area contributed by atoms with Gasteiger partial charge in [-0.25, -0.2) is 8.78 Å². The number of aliphatic hydroxyl groups is 2. The van der Waals surface area contributed by atoms with Crippen LogP contribution in [0.5, 0.6) is 0 Å². The van der Waals surface area contributed by atoms with Gasteiger partial charge in [0.25, 0.3) is 0 Å². The van der Waals surface area contributed by atoms with Gasteiger partial charge in [0.05, 0.1) is 12.2 Å². The zero-order chi connectivity index (χ0) is 33.5. The summed E-state index contributed by atoms with van der Waals surface area (Å²) in [7, 11) is 0. The topological polar surface area (TPSA) is 105 Å². The molecule has 1 aliphatic heterocycles. The number of anilines is 1. The van der Waals surface area contributed by atoms with Crippen LogP contribution in [-0.4, -0.2) is 64.1 Å². The molecular weight excluding hydrogens is 604 g/mol. The van der Waals surface area contributed by atoms with Gasteiger partial charge in [0.15, 0.2) is 29.1 Å². The second kappa shape index (κ2) is 11.2. The van der Waals surface area contributed by atoms with Crippen LogP contribution in [0.25, 0.3) is 0 Å². The van der Waals surface area contributed by atoms with Crippen LogP contribution in [0, 0.1) is 22.7 Å². The number of aliphatic hydroxyl groups excluding tert-OH is 2. The highest BCUT2D eigenvalue weighted by atomic mass is 19.1. The summed E-state index contributed by atoms with van der Waals surface area (Å²) in [5.41, 5.74) is -2.61. The molecule has 3 saturated carbocycles. The van der Waals surface area contributed by atoms with Gasteiger partial charge in [0.1, 0.15) is 12.8 Å². The van der Waals surface area contributed by atoms with Crippen molar-refractivity contribution in [3.8, 4) is 0 Å². The van der Waals surface area contributed by atoms with Crippen molar-refractivity contribution >= 4 is 17.3 Å². The van der Waals surface area contributed by atoms with E-state index in [4.69, 9.17) is 9.47 Å². The van der Waals surface area contributed by atoms with Crippen LogP contribution < -0.4 is 5.32 Å². The fraction of sp³-hybridized carbons (Fsp3) is 0.526. The van der Waals surface area contributed by atoms with Crippen molar-refractivity contribution in [1.82, 2.24) is 0 Å². The Hall–Kier alpha value is -3.24. The molecule has 4 aliphatic carbocycles. The second-order valence-electron chi connectivity index (χ2n) is 14.9. The fourth-order valence-electron chi connectivity index (χ4n) is 9.85. The summed E-state index contributed by atoms with van der Waals surface area (Å²) in [6.07, 6.45) is -0.632. The van der Waals surface area contributed by atoms with Crippen molar-refractivity contribution in [2.75, 3.05) is 11.9 Å². The summed E-state index contributed by atoms with van der Waals surface area (Å²) in [6, 6.07) is 16.4. The molecule has 0 unspecified atom stereocenters.